The van der Waals surface area contributed by atoms with Crippen molar-refractivity contribution in [2.24, 2.45) is 0 Å². The third kappa shape index (κ3) is 1.08. The van der Waals surface area contributed by atoms with Crippen molar-refractivity contribution in [3.63, 3.8) is 0 Å². The molecule has 0 aromatic carbocycles. The van der Waals surface area contributed by atoms with Crippen LogP contribution in [-0.2, 0) is 4.74 Å². The van der Waals surface area contributed by atoms with Gasteiger partial charge in [0.05, 0.1) is 12.7 Å². The number of aliphatic hydroxyl groups is 1. The van der Waals surface area contributed by atoms with Gasteiger partial charge in [0.2, 0.25) is 0 Å². The maximum absolute atomic E-state index is 8.44. The van der Waals surface area contributed by atoms with Gasteiger partial charge in [-0.05, 0) is 6.42 Å². The molecule has 8 heavy (non-hydrogen) atoms. The van der Waals surface area contributed by atoms with Crippen LogP contribution in [0.1, 0.15) is 6.42 Å². The summed E-state index contributed by atoms with van der Waals surface area (Å²) in [5.41, 5.74) is 0. The molecule has 1 heterocycles. The molecule has 0 aliphatic carbocycles. The normalized spacial score (nSPS) is 34.6. The Bertz CT molecular complexity index is 90.5. The van der Waals surface area contributed by atoms with E-state index in [2.05, 4.69) is 6.58 Å². The van der Waals surface area contributed by atoms with Crippen LogP contribution >= 0.6 is 0 Å². The zero-order valence-electron chi connectivity index (χ0n) is 4.71. The van der Waals surface area contributed by atoms with Gasteiger partial charge in [-0.25, -0.2) is 0 Å². The highest BCUT2D eigenvalue weighted by atomic mass is 16.6. The van der Waals surface area contributed by atoms with Crippen molar-refractivity contribution in [3.8, 4) is 0 Å². The fraction of sp³-hybridized carbons (Fsp3) is 0.667. The summed E-state index contributed by atoms with van der Waals surface area (Å²) in [6, 6.07) is 0. The molecule has 1 fully saturated rings. The van der Waals surface area contributed by atoms with E-state index in [1.54, 1.807) is 6.08 Å². The molecule has 0 saturated carbocycles. The minimum absolute atomic E-state index is 0.105. The minimum Gasteiger partial charge on any atom is -0.394 e. The average molecular weight is 114 g/mol. The quantitative estimate of drug-likeness (QED) is 0.423. The second-order valence-electron chi connectivity index (χ2n) is 1.92. The predicted octanol–water partition coefficient (Wildman–Crippen LogP) is 0.322. The summed E-state index contributed by atoms with van der Waals surface area (Å²) in [5, 5.41) is 8.44. The van der Waals surface area contributed by atoms with Crippen LogP contribution in [0.2, 0.25) is 0 Å². The Labute approximate surface area is 48.8 Å². The van der Waals surface area contributed by atoms with Gasteiger partial charge in [0.1, 0.15) is 6.10 Å². The van der Waals surface area contributed by atoms with E-state index in [0.717, 1.165) is 6.42 Å². The Morgan fingerprint density at radius 2 is 2.38 bits per heavy atom. The fourth-order valence-corrected chi connectivity index (χ4v) is 0.711. The molecule has 1 saturated heterocycles. The van der Waals surface area contributed by atoms with Crippen molar-refractivity contribution in [2.45, 2.75) is 18.6 Å². The van der Waals surface area contributed by atoms with Crippen molar-refractivity contribution >= 4 is 0 Å². The summed E-state index contributed by atoms with van der Waals surface area (Å²) >= 11 is 0. The molecule has 0 amide bonds. The second kappa shape index (κ2) is 2.29. The van der Waals surface area contributed by atoms with Gasteiger partial charge in [-0.2, -0.15) is 0 Å². The van der Waals surface area contributed by atoms with Gasteiger partial charge < -0.3 is 9.84 Å². The van der Waals surface area contributed by atoms with Crippen molar-refractivity contribution in [1.82, 2.24) is 0 Å². The first-order valence-electron chi connectivity index (χ1n) is 2.75. The SMILES string of the molecule is C=CC[C@H]1O[C@H]1CO. The summed E-state index contributed by atoms with van der Waals surface area (Å²) in [7, 11) is 0. The molecule has 46 valence electrons. The molecule has 0 bridgehead atoms. The van der Waals surface area contributed by atoms with Gasteiger partial charge in [-0.15, -0.1) is 6.58 Å². The van der Waals surface area contributed by atoms with Crippen molar-refractivity contribution in [3.05, 3.63) is 12.7 Å². The summed E-state index contributed by atoms with van der Waals surface area (Å²) in [4.78, 5) is 0. The van der Waals surface area contributed by atoms with E-state index in [0.29, 0.717) is 0 Å². The standard InChI is InChI=1S/C6H10O2/c1-2-3-5-6(4-7)8-5/h2,5-7H,1,3-4H2/t5-,6+/m1/s1. The Kier molecular flexibility index (Phi) is 1.65. The van der Waals surface area contributed by atoms with E-state index >= 15 is 0 Å². The monoisotopic (exact) mass is 114 g/mol. The minimum atomic E-state index is 0.105. The van der Waals surface area contributed by atoms with Crippen molar-refractivity contribution in [2.75, 3.05) is 6.61 Å². The lowest BCUT2D eigenvalue weighted by molar-refractivity contribution is 0.242. The summed E-state index contributed by atoms with van der Waals surface area (Å²) in [6.45, 7) is 3.70. The van der Waals surface area contributed by atoms with Gasteiger partial charge in [-0.3, -0.25) is 0 Å². The first-order valence-corrected chi connectivity index (χ1v) is 2.75. The van der Waals surface area contributed by atoms with Crippen LogP contribution in [0.4, 0.5) is 0 Å². The largest absolute Gasteiger partial charge is 0.394 e. The highest BCUT2D eigenvalue weighted by molar-refractivity contribution is 4.89. The smallest absolute Gasteiger partial charge is 0.107 e. The number of ether oxygens (including phenoxy) is 1. The molecule has 1 N–H and O–H groups in total. The third-order valence-electron chi connectivity index (χ3n) is 1.27. The molecule has 0 aromatic rings. The van der Waals surface area contributed by atoms with Crippen LogP contribution < -0.4 is 0 Å². The molecule has 2 heteroatoms. The molecule has 0 radical (unpaired) electrons. The molecule has 1 aliphatic heterocycles. The lowest BCUT2D eigenvalue weighted by atomic mass is 10.2. The number of aliphatic hydroxyl groups excluding tert-OH is 1. The van der Waals surface area contributed by atoms with Gasteiger partial charge >= 0.3 is 0 Å². The van der Waals surface area contributed by atoms with Crippen LogP contribution in [0.5, 0.6) is 0 Å². The predicted molar refractivity (Wildman–Crippen MR) is 30.6 cm³/mol. The molecule has 0 unspecified atom stereocenters. The van der Waals surface area contributed by atoms with Crippen LogP contribution in [0.15, 0.2) is 12.7 Å². The fourth-order valence-electron chi connectivity index (χ4n) is 0.711. The van der Waals surface area contributed by atoms with Gasteiger partial charge in [0.25, 0.3) is 0 Å². The first-order chi connectivity index (χ1) is 3.88. The molecule has 0 spiro atoms. The molecule has 0 aromatic heterocycles. The molecule has 2 atom stereocenters. The Morgan fingerprint density at radius 3 is 2.75 bits per heavy atom. The molecule has 1 rings (SSSR count). The molecule has 2 nitrogen and oxygen atoms in total. The lowest BCUT2D eigenvalue weighted by Crippen LogP contribution is -1.96. The van der Waals surface area contributed by atoms with Crippen LogP contribution in [0.25, 0.3) is 0 Å². The molecular formula is C6H10O2. The molecular weight excluding hydrogens is 104 g/mol. The second-order valence-corrected chi connectivity index (χ2v) is 1.92. The van der Waals surface area contributed by atoms with Crippen molar-refractivity contribution in [1.29, 1.82) is 0 Å². The molecule has 1 aliphatic rings. The van der Waals surface area contributed by atoms with E-state index in [9.17, 15) is 0 Å². The maximum atomic E-state index is 8.44. The zero-order valence-corrected chi connectivity index (χ0v) is 4.71. The summed E-state index contributed by atoms with van der Waals surface area (Å²) < 4.78 is 4.99. The van der Waals surface area contributed by atoms with E-state index < -0.39 is 0 Å². The van der Waals surface area contributed by atoms with Gasteiger partial charge in [-0.1, -0.05) is 6.08 Å². The van der Waals surface area contributed by atoms with Crippen LogP contribution in [-0.4, -0.2) is 23.9 Å². The maximum Gasteiger partial charge on any atom is 0.107 e. The van der Waals surface area contributed by atoms with E-state index in [4.69, 9.17) is 9.84 Å². The Morgan fingerprint density at radius 1 is 1.62 bits per heavy atom. The average Bonchev–Trinajstić information content (AvgIpc) is 2.48. The van der Waals surface area contributed by atoms with Crippen LogP contribution in [0, 0.1) is 0 Å². The number of rotatable bonds is 3. The highest BCUT2D eigenvalue weighted by Gasteiger charge is 2.36. The summed E-state index contributed by atoms with van der Waals surface area (Å²) in [6.07, 6.45) is 3.04. The highest BCUT2D eigenvalue weighted by Crippen LogP contribution is 2.24. The van der Waals surface area contributed by atoms with Gasteiger partial charge in [0, 0.05) is 0 Å². The number of epoxide rings is 1. The Balaban J connectivity index is 2.07. The lowest BCUT2D eigenvalue weighted by Gasteiger charge is -1.80. The third-order valence-corrected chi connectivity index (χ3v) is 1.27. The van der Waals surface area contributed by atoms with E-state index in [-0.39, 0.29) is 18.8 Å². The first kappa shape index (κ1) is 5.79. The zero-order chi connectivity index (χ0) is 5.98. The van der Waals surface area contributed by atoms with Crippen molar-refractivity contribution < 1.29 is 9.84 Å². The van der Waals surface area contributed by atoms with E-state index in [1.165, 1.54) is 0 Å². The Hall–Kier alpha value is -0.340. The number of hydrogen-bond donors (Lipinski definition) is 1. The van der Waals surface area contributed by atoms with Crippen LogP contribution in [0.3, 0.4) is 0 Å². The number of hydrogen-bond acceptors (Lipinski definition) is 2. The van der Waals surface area contributed by atoms with E-state index in [1.807, 2.05) is 0 Å². The van der Waals surface area contributed by atoms with Gasteiger partial charge in [0.15, 0.2) is 0 Å². The summed E-state index contributed by atoms with van der Waals surface area (Å²) in [5.74, 6) is 0. The topological polar surface area (TPSA) is 32.8 Å².